The van der Waals surface area contributed by atoms with E-state index < -0.39 is 0 Å². The van der Waals surface area contributed by atoms with E-state index in [0.29, 0.717) is 23.0 Å². The smallest absolute Gasteiger partial charge is 0.142 e. The van der Waals surface area contributed by atoms with Gasteiger partial charge in [-0.3, -0.25) is 0 Å². The van der Waals surface area contributed by atoms with Gasteiger partial charge in [-0.25, -0.2) is 4.98 Å². The first kappa shape index (κ1) is 20.7. The molecule has 1 aromatic carbocycles. The maximum absolute atomic E-state index is 9.81. The fraction of sp³-hybridized carbons (Fsp3) is 0.333. The van der Waals surface area contributed by atoms with Gasteiger partial charge in [0, 0.05) is 31.6 Å². The number of halogens is 1. The third-order valence-electron chi connectivity index (χ3n) is 5.65. The second-order valence-electron chi connectivity index (χ2n) is 7.74. The molecule has 0 aliphatic heterocycles. The van der Waals surface area contributed by atoms with Crippen LogP contribution in [0.3, 0.4) is 0 Å². The number of aromatic nitrogens is 1. The third kappa shape index (κ3) is 4.03. The van der Waals surface area contributed by atoms with Crippen LogP contribution in [0.25, 0.3) is 10.4 Å². The number of rotatable bonds is 4. The highest BCUT2D eigenvalue weighted by Gasteiger charge is 2.23. The van der Waals surface area contributed by atoms with E-state index in [9.17, 15) is 5.26 Å². The monoisotopic (exact) mass is 437 g/mol. The number of aryl methyl sites for hydroxylation is 3. The van der Waals surface area contributed by atoms with Gasteiger partial charge >= 0.3 is 0 Å². The number of fused-ring (bicyclic) bond motifs is 1. The number of benzene rings is 1. The van der Waals surface area contributed by atoms with Crippen LogP contribution < -0.4 is 10.5 Å². The summed E-state index contributed by atoms with van der Waals surface area (Å²) >= 11 is 7.74. The average molecular weight is 438 g/mol. The van der Waals surface area contributed by atoms with Crippen molar-refractivity contribution in [2.24, 2.45) is 0 Å². The third-order valence-corrected chi connectivity index (χ3v) is 7.00. The number of anilines is 1. The SMILES string of the molecule is Cc1cc(Cl)ccc1OCc1cc(-c2c(C#N)c(N)nc3c2CCCCC3)sc1C. The lowest BCUT2D eigenvalue weighted by Gasteiger charge is -2.14. The van der Waals surface area contributed by atoms with Crippen LogP contribution in [-0.4, -0.2) is 4.98 Å². The number of nitriles is 1. The van der Waals surface area contributed by atoms with E-state index in [-0.39, 0.29) is 0 Å². The van der Waals surface area contributed by atoms with Crippen LogP contribution in [0, 0.1) is 25.2 Å². The summed E-state index contributed by atoms with van der Waals surface area (Å²) in [6.45, 7) is 4.55. The molecule has 2 N–H and O–H groups in total. The molecule has 6 heteroatoms. The Morgan fingerprint density at radius 1 is 1.20 bits per heavy atom. The van der Waals surface area contributed by atoms with Crippen LogP contribution in [0.2, 0.25) is 5.02 Å². The van der Waals surface area contributed by atoms with Gasteiger partial charge in [0.15, 0.2) is 0 Å². The highest BCUT2D eigenvalue weighted by molar-refractivity contribution is 7.15. The van der Waals surface area contributed by atoms with E-state index >= 15 is 0 Å². The largest absolute Gasteiger partial charge is 0.489 e. The molecule has 30 heavy (non-hydrogen) atoms. The maximum atomic E-state index is 9.81. The van der Waals surface area contributed by atoms with Crippen molar-refractivity contribution in [2.75, 3.05) is 5.73 Å². The van der Waals surface area contributed by atoms with Gasteiger partial charge in [0.05, 0.1) is 0 Å². The van der Waals surface area contributed by atoms with Crippen LogP contribution >= 0.6 is 22.9 Å². The van der Waals surface area contributed by atoms with Gasteiger partial charge in [0.2, 0.25) is 0 Å². The summed E-state index contributed by atoms with van der Waals surface area (Å²) in [5, 5.41) is 10.5. The quantitative estimate of drug-likeness (QED) is 0.480. The second kappa shape index (κ2) is 8.67. The highest BCUT2D eigenvalue weighted by atomic mass is 35.5. The number of thiophene rings is 1. The zero-order valence-electron chi connectivity index (χ0n) is 17.2. The van der Waals surface area contributed by atoms with Crippen molar-refractivity contribution in [3.63, 3.8) is 0 Å². The van der Waals surface area contributed by atoms with Crippen molar-refractivity contribution in [2.45, 2.75) is 52.6 Å². The van der Waals surface area contributed by atoms with Crippen molar-refractivity contribution in [1.29, 1.82) is 5.26 Å². The van der Waals surface area contributed by atoms with E-state index in [0.717, 1.165) is 58.7 Å². The molecule has 2 heterocycles. The first-order valence-electron chi connectivity index (χ1n) is 10.2. The zero-order valence-corrected chi connectivity index (χ0v) is 18.8. The van der Waals surface area contributed by atoms with Gasteiger partial charge in [-0.05, 0) is 74.9 Å². The van der Waals surface area contributed by atoms with Crippen molar-refractivity contribution in [3.05, 3.63) is 62.1 Å². The van der Waals surface area contributed by atoms with E-state index in [4.69, 9.17) is 22.1 Å². The van der Waals surface area contributed by atoms with E-state index in [1.807, 2.05) is 25.1 Å². The maximum Gasteiger partial charge on any atom is 0.142 e. The van der Waals surface area contributed by atoms with Crippen LogP contribution in [-0.2, 0) is 19.4 Å². The number of nitrogens with zero attached hydrogens (tertiary/aromatic N) is 2. The number of nitrogens with two attached hydrogens (primary N) is 1. The molecule has 0 saturated carbocycles. The minimum absolute atomic E-state index is 0.341. The van der Waals surface area contributed by atoms with E-state index in [2.05, 4.69) is 24.0 Å². The molecular weight excluding hydrogens is 414 g/mol. The van der Waals surface area contributed by atoms with Gasteiger partial charge in [-0.15, -0.1) is 11.3 Å². The minimum atomic E-state index is 0.341. The Labute approximate surface area is 186 Å². The second-order valence-corrected chi connectivity index (χ2v) is 9.43. The summed E-state index contributed by atoms with van der Waals surface area (Å²) in [7, 11) is 0. The van der Waals surface area contributed by atoms with Crippen molar-refractivity contribution in [1.82, 2.24) is 4.98 Å². The number of pyridine rings is 1. The van der Waals surface area contributed by atoms with Crippen LogP contribution in [0.15, 0.2) is 24.3 Å². The lowest BCUT2D eigenvalue weighted by molar-refractivity contribution is 0.304. The molecule has 2 aromatic heterocycles. The number of hydrogen-bond donors (Lipinski definition) is 1. The summed E-state index contributed by atoms with van der Waals surface area (Å²) in [6.07, 6.45) is 5.29. The number of hydrogen-bond acceptors (Lipinski definition) is 5. The Bertz CT molecular complexity index is 1150. The summed E-state index contributed by atoms with van der Waals surface area (Å²) in [5.41, 5.74) is 12.0. The molecule has 0 radical (unpaired) electrons. The summed E-state index contributed by atoms with van der Waals surface area (Å²) < 4.78 is 6.07. The van der Waals surface area contributed by atoms with Crippen LogP contribution in [0.4, 0.5) is 5.82 Å². The Kier molecular flexibility index (Phi) is 5.99. The van der Waals surface area contributed by atoms with Crippen molar-refractivity contribution in [3.8, 4) is 22.3 Å². The van der Waals surface area contributed by atoms with E-state index in [1.165, 1.54) is 16.9 Å². The van der Waals surface area contributed by atoms with Gasteiger partial charge in [0.1, 0.15) is 29.8 Å². The van der Waals surface area contributed by atoms with Crippen molar-refractivity contribution >= 4 is 28.8 Å². The highest BCUT2D eigenvalue weighted by Crippen LogP contribution is 2.40. The predicted octanol–water partition coefficient (Wildman–Crippen LogP) is 6.38. The Hall–Kier alpha value is -2.55. The zero-order chi connectivity index (χ0) is 21.3. The normalized spacial score (nSPS) is 13.4. The number of ether oxygens (including phenoxy) is 1. The molecule has 1 aliphatic rings. The molecule has 0 bridgehead atoms. The Balaban J connectivity index is 1.71. The standard InChI is InChI=1S/C24H24ClN3OS/c1-14-10-17(25)8-9-21(14)29-13-16-11-22(30-15(16)2)23-18-6-4-3-5-7-20(18)28-24(27)19(23)12-26/h8-11H,3-7,13H2,1-2H3,(H2,27,28). The molecule has 0 saturated heterocycles. The van der Waals surface area contributed by atoms with E-state index in [1.54, 1.807) is 11.3 Å². The lowest BCUT2D eigenvalue weighted by Crippen LogP contribution is -2.06. The van der Waals surface area contributed by atoms with Gasteiger partial charge < -0.3 is 10.5 Å². The summed E-state index contributed by atoms with van der Waals surface area (Å²) in [6, 6.07) is 10.1. The molecule has 154 valence electrons. The van der Waals surface area contributed by atoms with Crippen LogP contribution in [0.1, 0.15) is 52.1 Å². The average Bonchev–Trinajstić information content (AvgIpc) is 2.92. The molecule has 3 aromatic rings. The summed E-state index contributed by atoms with van der Waals surface area (Å²) in [5.74, 6) is 1.17. The van der Waals surface area contributed by atoms with Gasteiger partial charge in [-0.1, -0.05) is 18.0 Å². The Morgan fingerprint density at radius 3 is 2.77 bits per heavy atom. The fourth-order valence-corrected chi connectivity index (χ4v) is 5.37. The first-order chi connectivity index (χ1) is 14.5. The molecular formula is C24H24ClN3OS. The molecule has 0 fully saturated rings. The lowest BCUT2D eigenvalue weighted by atomic mass is 9.95. The molecule has 4 nitrogen and oxygen atoms in total. The minimum Gasteiger partial charge on any atom is -0.489 e. The molecule has 0 unspecified atom stereocenters. The van der Waals surface area contributed by atoms with Crippen molar-refractivity contribution < 1.29 is 4.74 Å². The van der Waals surface area contributed by atoms with Crippen LogP contribution in [0.5, 0.6) is 5.75 Å². The van der Waals surface area contributed by atoms with Gasteiger partial charge in [0.25, 0.3) is 0 Å². The number of nitrogen functional groups attached to an aromatic ring is 1. The fourth-order valence-electron chi connectivity index (χ4n) is 4.04. The first-order valence-corrected chi connectivity index (χ1v) is 11.4. The molecule has 4 rings (SSSR count). The predicted molar refractivity (Wildman–Crippen MR) is 123 cm³/mol. The molecule has 0 spiro atoms. The molecule has 0 atom stereocenters. The molecule has 1 aliphatic carbocycles. The molecule has 0 amide bonds. The topological polar surface area (TPSA) is 71.9 Å². The van der Waals surface area contributed by atoms with Gasteiger partial charge in [-0.2, -0.15) is 5.26 Å². The summed E-state index contributed by atoms with van der Waals surface area (Å²) in [4.78, 5) is 6.83. The Morgan fingerprint density at radius 2 is 2.00 bits per heavy atom.